The number of halogens is 3. The number of benzene rings is 1. The minimum absolute atomic E-state index is 0.0591. The quantitative estimate of drug-likeness (QED) is 0.485. The number of anilines is 2. The summed E-state index contributed by atoms with van der Waals surface area (Å²) in [6.45, 7) is 1.73. The third-order valence-electron chi connectivity index (χ3n) is 6.28. The normalized spacial score (nSPS) is 18.6. The molecule has 0 spiro atoms. The van der Waals surface area contributed by atoms with Crippen LogP contribution in [0, 0.1) is 12.8 Å². The second kappa shape index (κ2) is 9.56. The van der Waals surface area contributed by atoms with E-state index in [0.717, 1.165) is 54.2 Å². The number of furan rings is 1. The summed E-state index contributed by atoms with van der Waals surface area (Å²) in [7, 11) is 4.02. The first kappa shape index (κ1) is 23.9. The van der Waals surface area contributed by atoms with Crippen LogP contribution in [0.3, 0.4) is 0 Å². The zero-order valence-corrected chi connectivity index (χ0v) is 19.5. The molecule has 4 rings (SSSR count). The second-order valence-corrected chi connectivity index (χ2v) is 9.11. The third-order valence-corrected chi connectivity index (χ3v) is 6.28. The van der Waals surface area contributed by atoms with Crippen molar-refractivity contribution in [3.8, 4) is 0 Å². The molecule has 3 aromatic rings. The van der Waals surface area contributed by atoms with Gasteiger partial charge in [0.1, 0.15) is 11.6 Å². The van der Waals surface area contributed by atoms with Crippen LogP contribution in [0.25, 0.3) is 10.9 Å². The predicted octanol–water partition coefficient (Wildman–Crippen LogP) is 5.62. The van der Waals surface area contributed by atoms with Gasteiger partial charge in [-0.3, -0.25) is 4.79 Å². The molecule has 1 fully saturated rings. The molecule has 0 saturated heterocycles. The summed E-state index contributed by atoms with van der Waals surface area (Å²) in [5, 5.41) is 7.30. The number of aryl methyl sites for hydroxylation is 1. The Labute approximate surface area is 196 Å². The molecule has 0 aliphatic heterocycles. The molecule has 0 atom stereocenters. The Bertz CT molecular complexity index is 1160. The van der Waals surface area contributed by atoms with Crippen molar-refractivity contribution in [1.29, 1.82) is 0 Å². The van der Waals surface area contributed by atoms with Crippen LogP contribution in [-0.4, -0.2) is 37.6 Å². The average Bonchev–Trinajstić information content (AvgIpc) is 3.20. The van der Waals surface area contributed by atoms with Gasteiger partial charge in [0, 0.05) is 43.8 Å². The molecule has 1 aliphatic carbocycles. The van der Waals surface area contributed by atoms with Gasteiger partial charge in [-0.25, -0.2) is 4.98 Å². The van der Waals surface area contributed by atoms with Crippen LogP contribution < -0.4 is 15.5 Å². The lowest BCUT2D eigenvalue weighted by atomic mass is 9.86. The fourth-order valence-electron chi connectivity index (χ4n) is 4.55. The van der Waals surface area contributed by atoms with Gasteiger partial charge in [0.15, 0.2) is 0 Å². The number of para-hydroxylation sites is 1. The highest BCUT2D eigenvalue weighted by Gasteiger charge is 2.40. The molecule has 2 heterocycles. The highest BCUT2D eigenvalue weighted by atomic mass is 19.4. The van der Waals surface area contributed by atoms with Gasteiger partial charge in [0.2, 0.25) is 5.76 Å². The summed E-state index contributed by atoms with van der Waals surface area (Å²) in [5.74, 6) is -0.888. The maximum atomic E-state index is 13.1. The number of carbonyl (C=O) groups excluding carboxylic acids is 1. The number of aromatic nitrogens is 1. The Morgan fingerprint density at radius 2 is 1.85 bits per heavy atom. The number of nitrogens with one attached hydrogen (secondary N) is 2. The molecule has 2 N–H and O–H groups in total. The molecule has 1 saturated carbocycles. The molecule has 1 aliphatic rings. The predicted molar refractivity (Wildman–Crippen MR) is 126 cm³/mol. The first-order valence-corrected chi connectivity index (χ1v) is 11.4. The largest absolute Gasteiger partial charge is 0.456 e. The number of carbonyl (C=O) groups is 1. The van der Waals surface area contributed by atoms with Crippen LogP contribution in [0.4, 0.5) is 24.7 Å². The van der Waals surface area contributed by atoms with Gasteiger partial charge in [-0.15, -0.1) is 0 Å². The van der Waals surface area contributed by atoms with Crippen LogP contribution in [-0.2, 0) is 6.18 Å². The highest BCUT2D eigenvalue weighted by molar-refractivity contribution is 5.95. The summed E-state index contributed by atoms with van der Waals surface area (Å²) in [6.07, 6.45) is -1.19. The number of amides is 1. The number of hydrogen-bond donors (Lipinski definition) is 2. The lowest BCUT2D eigenvalue weighted by Crippen LogP contribution is -2.34. The molecule has 2 aromatic heterocycles. The zero-order chi connectivity index (χ0) is 24.5. The second-order valence-electron chi connectivity index (χ2n) is 9.11. The molecule has 0 radical (unpaired) electrons. The Morgan fingerprint density at radius 1 is 1.15 bits per heavy atom. The van der Waals surface area contributed by atoms with E-state index in [1.165, 1.54) is 6.92 Å². The smallest absolute Gasteiger partial charge is 0.450 e. The monoisotopic (exact) mass is 474 g/mol. The van der Waals surface area contributed by atoms with E-state index in [0.29, 0.717) is 6.54 Å². The number of nitrogens with zero attached hydrogens (tertiary/aromatic N) is 2. The molecule has 0 unspecified atom stereocenters. The van der Waals surface area contributed by atoms with E-state index < -0.39 is 23.4 Å². The minimum atomic E-state index is -4.70. The maximum absolute atomic E-state index is 13.1. The van der Waals surface area contributed by atoms with E-state index in [1.807, 2.05) is 32.3 Å². The van der Waals surface area contributed by atoms with Crippen LogP contribution in [0.2, 0.25) is 0 Å². The Hall–Kier alpha value is -3.23. The minimum Gasteiger partial charge on any atom is -0.456 e. The van der Waals surface area contributed by atoms with Gasteiger partial charge < -0.3 is 20.0 Å². The molecule has 1 amide bonds. The number of rotatable bonds is 6. The zero-order valence-electron chi connectivity index (χ0n) is 19.5. The van der Waals surface area contributed by atoms with E-state index in [2.05, 4.69) is 27.7 Å². The van der Waals surface area contributed by atoms with Crippen molar-refractivity contribution < 1.29 is 22.4 Å². The molecule has 182 valence electrons. The van der Waals surface area contributed by atoms with Crippen LogP contribution in [0.15, 0.2) is 40.8 Å². The first-order valence-electron chi connectivity index (χ1n) is 11.4. The summed E-state index contributed by atoms with van der Waals surface area (Å²) in [5.41, 5.74) is 1.57. The van der Waals surface area contributed by atoms with Crippen molar-refractivity contribution in [2.75, 3.05) is 30.9 Å². The highest BCUT2D eigenvalue weighted by Crippen LogP contribution is 2.34. The van der Waals surface area contributed by atoms with Crippen molar-refractivity contribution in [3.05, 3.63) is 53.5 Å². The first-order chi connectivity index (χ1) is 16.1. The molecule has 1 aromatic carbocycles. The van der Waals surface area contributed by atoms with Gasteiger partial charge in [-0.2, -0.15) is 13.2 Å². The van der Waals surface area contributed by atoms with Gasteiger partial charge in [-0.05, 0) is 50.7 Å². The summed E-state index contributed by atoms with van der Waals surface area (Å²) < 4.78 is 44.0. The fraction of sp³-hybridized carbons (Fsp3) is 0.440. The number of alkyl halides is 3. The topological polar surface area (TPSA) is 70.4 Å². The molecular formula is C25H29F3N4O2. The van der Waals surface area contributed by atoms with Crippen LogP contribution >= 0.6 is 0 Å². The van der Waals surface area contributed by atoms with Gasteiger partial charge in [0.05, 0.1) is 11.1 Å². The van der Waals surface area contributed by atoms with Gasteiger partial charge in [0.25, 0.3) is 5.91 Å². The SMILES string of the molecule is Cc1cc(C(=O)NC[C@H]2CC[C@@H](Nc3cc(N(C)C)c4ccccc4n3)CC2)c(C(F)(F)F)o1. The number of fused-ring (bicyclic) bond motifs is 1. The van der Waals surface area contributed by atoms with Gasteiger partial charge in [-0.1, -0.05) is 18.2 Å². The third kappa shape index (κ3) is 5.29. The van der Waals surface area contributed by atoms with E-state index in [4.69, 9.17) is 9.40 Å². The lowest BCUT2D eigenvalue weighted by Gasteiger charge is -2.30. The summed E-state index contributed by atoms with van der Waals surface area (Å²) in [6, 6.07) is 11.5. The average molecular weight is 475 g/mol. The van der Waals surface area contributed by atoms with E-state index in [1.54, 1.807) is 0 Å². The fourth-order valence-corrected chi connectivity index (χ4v) is 4.55. The Kier molecular flexibility index (Phi) is 6.72. The standard InChI is InChI=1S/C25H29F3N4O2/c1-15-12-19(23(34-15)25(26,27)28)24(33)29-14-16-8-10-17(11-9-16)30-22-13-21(32(2)3)18-6-4-5-7-20(18)31-22/h4-7,12-13,16-17H,8-11,14H2,1-3H3,(H,29,33)(H,30,31)/t16-,17+. The van der Waals surface area contributed by atoms with Crippen molar-refractivity contribution in [2.24, 2.45) is 5.92 Å². The molecule has 0 bridgehead atoms. The van der Waals surface area contributed by atoms with Gasteiger partial charge >= 0.3 is 6.18 Å². The number of hydrogen-bond acceptors (Lipinski definition) is 5. The molecule has 34 heavy (non-hydrogen) atoms. The summed E-state index contributed by atoms with van der Waals surface area (Å²) in [4.78, 5) is 19.2. The van der Waals surface area contributed by atoms with E-state index in [-0.39, 0.29) is 17.7 Å². The Balaban J connectivity index is 1.33. The van der Waals surface area contributed by atoms with Crippen LogP contribution in [0.1, 0.15) is 47.6 Å². The van der Waals surface area contributed by atoms with Crippen molar-refractivity contribution >= 4 is 28.3 Å². The Morgan fingerprint density at radius 3 is 2.53 bits per heavy atom. The lowest BCUT2D eigenvalue weighted by molar-refractivity contribution is -0.153. The van der Waals surface area contributed by atoms with Crippen molar-refractivity contribution in [3.63, 3.8) is 0 Å². The van der Waals surface area contributed by atoms with Crippen molar-refractivity contribution in [2.45, 2.75) is 44.8 Å². The molecule has 6 nitrogen and oxygen atoms in total. The van der Waals surface area contributed by atoms with Crippen LogP contribution in [0.5, 0.6) is 0 Å². The van der Waals surface area contributed by atoms with E-state index >= 15 is 0 Å². The molecule has 9 heteroatoms. The number of pyridine rings is 1. The molecular weight excluding hydrogens is 445 g/mol. The van der Waals surface area contributed by atoms with E-state index in [9.17, 15) is 18.0 Å². The van der Waals surface area contributed by atoms with Crippen molar-refractivity contribution in [1.82, 2.24) is 10.3 Å². The summed E-state index contributed by atoms with van der Waals surface area (Å²) >= 11 is 0. The maximum Gasteiger partial charge on any atom is 0.450 e.